The van der Waals surface area contributed by atoms with Gasteiger partial charge in [0.05, 0.1) is 12.5 Å². The van der Waals surface area contributed by atoms with E-state index in [9.17, 15) is 9.18 Å². The van der Waals surface area contributed by atoms with Gasteiger partial charge in [0.1, 0.15) is 5.82 Å². The van der Waals surface area contributed by atoms with E-state index >= 15 is 0 Å². The van der Waals surface area contributed by atoms with Gasteiger partial charge in [-0.1, -0.05) is 18.2 Å². The second kappa shape index (κ2) is 8.38. The van der Waals surface area contributed by atoms with E-state index < -0.39 is 0 Å². The Balaban J connectivity index is 2.50. The molecule has 1 amide bonds. The number of hydrogen-bond donors (Lipinski definition) is 0. The molecule has 0 saturated heterocycles. The Morgan fingerprint density at radius 3 is 2.62 bits per heavy atom. The largest absolute Gasteiger partial charge is 0.345 e. The average molecular weight is 291 g/mol. The van der Waals surface area contributed by atoms with Gasteiger partial charge in [0.15, 0.2) is 0 Å². The van der Waals surface area contributed by atoms with Gasteiger partial charge in [-0.05, 0) is 20.0 Å². The van der Waals surface area contributed by atoms with Crippen LogP contribution in [0.15, 0.2) is 24.3 Å². The standard InChI is InChI=1S/C16H22FN3O/c1-13(14-7-4-5-8-15(14)17)19(2)12-9-16(21)20(3)11-6-10-18/h4-5,7-8,13H,6,9,11-12H2,1-3H3. The summed E-state index contributed by atoms with van der Waals surface area (Å²) in [5.41, 5.74) is 0.630. The van der Waals surface area contributed by atoms with E-state index in [2.05, 4.69) is 0 Å². The van der Waals surface area contributed by atoms with Crippen LogP contribution in [-0.4, -0.2) is 42.9 Å². The number of halogens is 1. The molecule has 5 heteroatoms. The number of benzene rings is 1. The Labute approximate surface area is 125 Å². The first kappa shape index (κ1) is 17.1. The minimum Gasteiger partial charge on any atom is -0.345 e. The third-order valence-electron chi connectivity index (χ3n) is 3.68. The highest BCUT2D eigenvalue weighted by Gasteiger charge is 2.17. The smallest absolute Gasteiger partial charge is 0.223 e. The zero-order chi connectivity index (χ0) is 15.8. The summed E-state index contributed by atoms with van der Waals surface area (Å²) in [6.45, 7) is 2.91. The van der Waals surface area contributed by atoms with Crippen LogP contribution in [0.4, 0.5) is 4.39 Å². The van der Waals surface area contributed by atoms with Gasteiger partial charge in [0, 0.05) is 38.2 Å². The lowest BCUT2D eigenvalue weighted by atomic mass is 10.1. The summed E-state index contributed by atoms with van der Waals surface area (Å²) in [4.78, 5) is 15.4. The Hall–Kier alpha value is -1.93. The summed E-state index contributed by atoms with van der Waals surface area (Å²) in [5, 5.41) is 8.51. The average Bonchev–Trinajstić information content (AvgIpc) is 2.49. The van der Waals surface area contributed by atoms with Crippen molar-refractivity contribution in [3.63, 3.8) is 0 Å². The first-order valence-corrected chi connectivity index (χ1v) is 7.03. The van der Waals surface area contributed by atoms with Crippen molar-refractivity contribution < 1.29 is 9.18 Å². The molecule has 0 bridgehead atoms. The fourth-order valence-corrected chi connectivity index (χ4v) is 2.05. The first-order chi connectivity index (χ1) is 9.97. The predicted octanol–water partition coefficient (Wildman–Crippen LogP) is 2.58. The van der Waals surface area contributed by atoms with Crippen LogP contribution >= 0.6 is 0 Å². The van der Waals surface area contributed by atoms with Gasteiger partial charge in [-0.3, -0.25) is 9.69 Å². The molecule has 1 atom stereocenters. The molecule has 114 valence electrons. The molecule has 0 fully saturated rings. The van der Waals surface area contributed by atoms with Crippen molar-refractivity contribution >= 4 is 5.91 Å². The minimum absolute atomic E-state index is 0.00201. The SMILES string of the molecule is CC(c1ccccc1F)N(C)CCC(=O)N(C)CCC#N. The van der Waals surface area contributed by atoms with Crippen LogP contribution in [0.25, 0.3) is 0 Å². The highest BCUT2D eigenvalue weighted by atomic mass is 19.1. The Morgan fingerprint density at radius 1 is 1.33 bits per heavy atom. The highest BCUT2D eigenvalue weighted by Crippen LogP contribution is 2.21. The number of hydrogen-bond acceptors (Lipinski definition) is 3. The van der Waals surface area contributed by atoms with Crippen molar-refractivity contribution in [1.29, 1.82) is 5.26 Å². The third-order valence-corrected chi connectivity index (χ3v) is 3.68. The van der Waals surface area contributed by atoms with E-state index in [0.717, 1.165) is 0 Å². The molecule has 4 nitrogen and oxygen atoms in total. The van der Waals surface area contributed by atoms with Gasteiger partial charge < -0.3 is 4.90 Å². The number of carbonyl (C=O) groups is 1. The third kappa shape index (κ3) is 5.16. The second-order valence-electron chi connectivity index (χ2n) is 5.15. The van der Waals surface area contributed by atoms with Crippen molar-refractivity contribution in [3.05, 3.63) is 35.6 Å². The van der Waals surface area contributed by atoms with Crippen LogP contribution in [0, 0.1) is 17.1 Å². The maximum Gasteiger partial charge on any atom is 0.223 e. The van der Waals surface area contributed by atoms with E-state index in [-0.39, 0.29) is 17.8 Å². The van der Waals surface area contributed by atoms with Crippen LogP contribution in [0.1, 0.15) is 31.4 Å². The van der Waals surface area contributed by atoms with Crippen LogP contribution in [0.2, 0.25) is 0 Å². The van der Waals surface area contributed by atoms with E-state index in [0.29, 0.717) is 31.5 Å². The maximum absolute atomic E-state index is 13.7. The summed E-state index contributed by atoms with van der Waals surface area (Å²) in [6.07, 6.45) is 0.695. The van der Waals surface area contributed by atoms with Gasteiger partial charge in [-0.15, -0.1) is 0 Å². The van der Waals surface area contributed by atoms with Crippen LogP contribution in [0.3, 0.4) is 0 Å². The summed E-state index contributed by atoms with van der Waals surface area (Å²) in [6, 6.07) is 8.61. The molecule has 1 rings (SSSR count). The molecule has 0 aliphatic rings. The fourth-order valence-electron chi connectivity index (χ4n) is 2.05. The summed E-state index contributed by atoms with van der Waals surface area (Å²) < 4.78 is 13.7. The minimum atomic E-state index is -0.227. The Bertz CT molecular complexity index is 512. The lowest BCUT2D eigenvalue weighted by molar-refractivity contribution is -0.130. The molecule has 1 unspecified atom stereocenters. The monoisotopic (exact) mass is 291 g/mol. The van der Waals surface area contributed by atoms with Crippen molar-refractivity contribution in [2.75, 3.05) is 27.2 Å². The predicted molar refractivity (Wildman–Crippen MR) is 79.9 cm³/mol. The van der Waals surface area contributed by atoms with Gasteiger partial charge in [-0.25, -0.2) is 4.39 Å². The van der Waals surface area contributed by atoms with Gasteiger partial charge in [0.25, 0.3) is 0 Å². The molecule has 1 aromatic rings. The number of nitrogens with zero attached hydrogens (tertiary/aromatic N) is 3. The molecule has 0 N–H and O–H groups in total. The molecule has 1 aromatic carbocycles. The normalized spacial score (nSPS) is 12.0. The molecular formula is C16H22FN3O. The van der Waals surface area contributed by atoms with Crippen LogP contribution in [0.5, 0.6) is 0 Å². The Kier molecular flexibility index (Phi) is 6.83. The molecule has 0 aromatic heterocycles. The summed E-state index contributed by atoms with van der Waals surface area (Å²) in [5.74, 6) is -0.229. The van der Waals surface area contributed by atoms with E-state index in [4.69, 9.17) is 5.26 Å². The molecule has 0 spiro atoms. The molecular weight excluding hydrogens is 269 g/mol. The summed E-state index contributed by atoms with van der Waals surface area (Å²) in [7, 11) is 3.57. The number of amides is 1. The topological polar surface area (TPSA) is 47.3 Å². The number of carbonyl (C=O) groups excluding carboxylic acids is 1. The van der Waals surface area contributed by atoms with Crippen molar-refractivity contribution in [2.24, 2.45) is 0 Å². The molecule has 21 heavy (non-hydrogen) atoms. The van der Waals surface area contributed by atoms with Gasteiger partial charge in [-0.2, -0.15) is 5.26 Å². The summed E-state index contributed by atoms with van der Waals surface area (Å²) >= 11 is 0. The van der Waals surface area contributed by atoms with Crippen molar-refractivity contribution in [3.8, 4) is 6.07 Å². The van der Waals surface area contributed by atoms with Crippen LogP contribution in [-0.2, 0) is 4.79 Å². The maximum atomic E-state index is 13.7. The van der Waals surface area contributed by atoms with Crippen molar-refractivity contribution in [2.45, 2.75) is 25.8 Å². The fraction of sp³-hybridized carbons (Fsp3) is 0.500. The quantitative estimate of drug-likeness (QED) is 0.775. The Morgan fingerprint density at radius 2 is 2.00 bits per heavy atom. The molecule has 0 saturated carbocycles. The number of nitriles is 1. The molecule has 0 aliphatic carbocycles. The first-order valence-electron chi connectivity index (χ1n) is 7.03. The van der Waals surface area contributed by atoms with Gasteiger partial charge >= 0.3 is 0 Å². The second-order valence-corrected chi connectivity index (χ2v) is 5.15. The van der Waals surface area contributed by atoms with E-state index in [1.165, 1.54) is 6.07 Å². The lowest BCUT2D eigenvalue weighted by Crippen LogP contribution is -2.32. The number of rotatable bonds is 7. The van der Waals surface area contributed by atoms with Crippen LogP contribution < -0.4 is 0 Å². The van der Waals surface area contributed by atoms with E-state index in [1.54, 1.807) is 24.1 Å². The van der Waals surface area contributed by atoms with Crippen molar-refractivity contribution in [1.82, 2.24) is 9.80 Å². The highest BCUT2D eigenvalue weighted by molar-refractivity contribution is 5.76. The molecule has 0 heterocycles. The van der Waals surface area contributed by atoms with E-state index in [1.807, 2.05) is 31.0 Å². The molecule has 0 aliphatic heterocycles. The molecule has 0 radical (unpaired) electrons. The van der Waals surface area contributed by atoms with Gasteiger partial charge in [0.2, 0.25) is 5.91 Å². The lowest BCUT2D eigenvalue weighted by Gasteiger charge is -2.26. The zero-order valence-corrected chi connectivity index (χ0v) is 12.8. The zero-order valence-electron chi connectivity index (χ0n) is 12.8.